The molecule has 1 aromatic carbocycles. The standard InChI is InChI=1S/C27H29F4N7O2.ClH/c1-15(2)12-32-7-10-38-13-20(17-3-4-19(28)18(11-17)27(29,30)31)35-24(38)16-5-8-37(9-6-16)25-21-22(39)26(40)36-23(21)33-14-34-25;/h3-4,11,13-16,32H,5-10,12H2,1-2H3,(H,33,34,36,39,40);1H. The largest absolute Gasteiger partial charge is 0.419 e. The van der Waals surface area contributed by atoms with Crippen LogP contribution in [0.25, 0.3) is 11.3 Å². The van der Waals surface area contributed by atoms with Gasteiger partial charge in [0.15, 0.2) is 0 Å². The van der Waals surface area contributed by atoms with Crippen LogP contribution in [0.15, 0.2) is 30.7 Å². The molecule has 1 saturated heterocycles. The first-order valence-electron chi connectivity index (χ1n) is 13.1. The van der Waals surface area contributed by atoms with Gasteiger partial charge < -0.3 is 20.1 Å². The van der Waals surface area contributed by atoms with Crippen LogP contribution >= 0.6 is 12.4 Å². The van der Waals surface area contributed by atoms with E-state index in [0.29, 0.717) is 56.5 Å². The Bertz CT molecular complexity index is 1440. The van der Waals surface area contributed by atoms with Gasteiger partial charge in [0.1, 0.15) is 35.2 Å². The molecule has 0 spiro atoms. The van der Waals surface area contributed by atoms with Crippen molar-refractivity contribution in [2.24, 2.45) is 5.92 Å². The fraction of sp³-hybridized carbons (Fsp3) is 0.444. The summed E-state index contributed by atoms with van der Waals surface area (Å²) in [5.74, 6) is -0.937. The zero-order chi connectivity index (χ0) is 28.6. The molecule has 0 bridgehead atoms. The summed E-state index contributed by atoms with van der Waals surface area (Å²) in [5, 5.41) is 5.83. The van der Waals surface area contributed by atoms with Crippen LogP contribution in [0.4, 0.5) is 29.2 Å². The number of piperidine rings is 1. The van der Waals surface area contributed by atoms with Crippen LogP contribution in [0, 0.1) is 11.7 Å². The Morgan fingerprint density at radius 3 is 2.56 bits per heavy atom. The molecule has 5 rings (SSSR count). The van der Waals surface area contributed by atoms with Crippen molar-refractivity contribution in [3.63, 3.8) is 0 Å². The summed E-state index contributed by atoms with van der Waals surface area (Å²) in [6.45, 7) is 7.27. The maximum Gasteiger partial charge on any atom is 0.419 e. The zero-order valence-corrected chi connectivity index (χ0v) is 23.3. The summed E-state index contributed by atoms with van der Waals surface area (Å²) in [6, 6.07) is 2.93. The Morgan fingerprint density at radius 2 is 1.88 bits per heavy atom. The van der Waals surface area contributed by atoms with Gasteiger partial charge in [-0.1, -0.05) is 13.8 Å². The number of nitrogens with zero attached hydrogens (tertiary/aromatic N) is 5. The summed E-state index contributed by atoms with van der Waals surface area (Å²) >= 11 is 0. The molecule has 41 heavy (non-hydrogen) atoms. The number of ketones is 1. The highest BCUT2D eigenvalue weighted by Gasteiger charge is 2.37. The molecule has 0 unspecified atom stereocenters. The Kier molecular flexibility index (Phi) is 8.97. The fourth-order valence-electron chi connectivity index (χ4n) is 5.11. The third kappa shape index (κ3) is 6.35. The lowest BCUT2D eigenvalue weighted by Crippen LogP contribution is -2.35. The molecule has 0 saturated carbocycles. The average Bonchev–Trinajstić information content (AvgIpc) is 3.46. The molecule has 0 aliphatic carbocycles. The van der Waals surface area contributed by atoms with Gasteiger partial charge in [0.2, 0.25) is 0 Å². The van der Waals surface area contributed by atoms with Crippen LogP contribution in [0.3, 0.4) is 0 Å². The molecule has 2 N–H and O–H groups in total. The predicted octanol–water partition coefficient (Wildman–Crippen LogP) is 4.68. The third-order valence-corrected chi connectivity index (χ3v) is 7.11. The van der Waals surface area contributed by atoms with Crippen molar-refractivity contribution in [2.45, 2.75) is 45.3 Å². The van der Waals surface area contributed by atoms with Crippen molar-refractivity contribution in [2.75, 3.05) is 36.4 Å². The van der Waals surface area contributed by atoms with Crippen LogP contribution in [-0.2, 0) is 17.5 Å². The van der Waals surface area contributed by atoms with Gasteiger partial charge in [0, 0.05) is 43.9 Å². The number of benzene rings is 1. The first kappa shape index (κ1) is 30.4. The number of carbonyl (C=O) groups excluding carboxylic acids is 2. The van der Waals surface area contributed by atoms with E-state index < -0.39 is 29.2 Å². The molecule has 9 nitrogen and oxygen atoms in total. The second kappa shape index (κ2) is 12.1. The molecular weight excluding hydrogens is 566 g/mol. The second-order valence-corrected chi connectivity index (χ2v) is 10.4. The minimum atomic E-state index is -4.82. The first-order chi connectivity index (χ1) is 19.0. The van der Waals surface area contributed by atoms with E-state index in [1.165, 1.54) is 12.4 Å². The normalized spacial score (nSPS) is 15.7. The zero-order valence-electron chi connectivity index (χ0n) is 22.5. The highest BCUT2D eigenvalue weighted by molar-refractivity contribution is 6.52. The van der Waals surface area contributed by atoms with Gasteiger partial charge in [0.25, 0.3) is 11.7 Å². The Balaban J connectivity index is 0.00000387. The molecule has 1 amide bonds. The van der Waals surface area contributed by atoms with Crippen LogP contribution in [0.2, 0.25) is 0 Å². The Morgan fingerprint density at radius 1 is 1.15 bits per heavy atom. The highest BCUT2D eigenvalue weighted by atomic mass is 35.5. The number of anilines is 2. The van der Waals surface area contributed by atoms with Gasteiger partial charge in [0.05, 0.1) is 11.3 Å². The smallest absolute Gasteiger partial charge is 0.356 e. The minimum Gasteiger partial charge on any atom is -0.356 e. The second-order valence-electron chi connectivity index (χ2n) is 10.4. The van der Waals surface area contributed by atoms with E-state index in [9.17, 15) is 27.2 Å². The summed E-state index contributed by atoms with van der Waals surface area (Å²) in [7, 11) is 0. The summed E-state index contributed by atoms with van der Waals surface area (Å²) in [4.78, 5) is 39.2. The maximum atomic E-state index is 13.9. The van der Waals surface area contributed by atoms with Gasteiger partial charge in [-0.25, -0.2) is 19.3 Å². The van der Waals surface area contributed by atoms with Crippen molar-refractivity contribution in [3.8, 4) is 11.3 Å². The predicted molar refractivity (Wildman–Crippen MR) is 147 cm³/mol. The van der Waals surface area contributed by atoms with Gasteiger partial charge in [-0.3, -0.25) is 9.59 Å². The van der Waals surface area contributed by atoms with Gasteiger partial charge >= 0.3 is 6.18 Å². The molecule has 14 heteroatoms. The molecule has 4 heterocycles. The van der Waals surface area contributed by atoms with Gasteiger partial charge in [-0.15, -0.1) is 12.4 Å². The van der Waals surface area contributed by atoms with E-state index in [2.05, 4.69) is 34.4 Å². The molecule has 2 aliphatic rings. The van der Waals surface area contributed by atoms with Crippen LogP contribution < -0.4 is 15.5 Å². The molecule has 0 radical (unpaired) electrons. The fourth-order valence-corrected chi connectivity index (χ4v) is 5.11. The number of fused-ring (bicyclic) bond motifs is 1. The van der Waals surface area contributed by atoms with Crippen LogP contribution in [-0.4, -0.2) is 57.4 Å². The molecule has 1 fully saturated rings. The number of carbonyl (C=O) groups is 2. The van der Waals surface area contributed by atoms with E-state index in [4.69, 9.17) is 4.98 Å². The number of imidazole rings is 1. The number of halogens is 5. The Hall–Kier alpha value is -3.58. The molecule has 220 valence electrons. The van der Waals surface area contributed by atoms with E-state index in [0.717, 1.165) is 24.5 Å². The lowest BCUT2D eigenvalue weighted by Gasteiger charge is -2.33. The minimum absolute atomic E-state index is 0. The van der Waals surface area contributed by atoms with Crippen molar-refractivity contribution in [3.05, 3.63) is 53.5 Å². The molecule has 2 aromatic heterocycles. The molecule has 3 aromatic rings. The monoisotopic (exact) mass is 595 g/mol. The van der Waals surface area contributed by atoms with Crippen LogP contribution in [0.5, 0.6) is 0 Å². The molecule has 2 aliphatic heterocycles. The Labute approximate surface area is 240 Å². The summed E-state index contributed by atoms with van der Waals surface area (Å²) in [5.41, 5.74) is -0.625. The number of nitrogens with one attached hydrogen (secondary N) is 2. The number of Topliss-reactive ketones (excluding diaryl/α,β-unsaturated/α-hetero) is 1. The highest BCUT2D eigenvalue weighted by Crippen LogP contribution is 2.37. The van der Waals surface area contributed by atoms with E-state index >= 15 is 0 Å². The number of hydrogen-bond acceptors (Lipinski definition) is 7. The van der Waals surface area contributed by atoms with E-state index in [-0.39, 0.29) is 35.3 Å². The number of hydrogen-bond donors (Lipinski definition) is 2. The number of alkyl halides is 3. The maximum absolute atomic E-state index is 13.9. The SMILES string of the molecule is CC(C)CNCCn1cc(-c2ccc(F)c(C(F)(F)F)c2)nc1C1CCN(c2ncnc3c2C(=O)C(=O)N3)CC1.Cl. The number of rotatable bonds is 8. The molecule has 0 atom stereocenters. The average molecular weight is 596 g/mol. The first-order valence-corrected chi connectivity index (χ1v) is 13.1. The van der Waals surface area contributed by atoms with Gasteiger partial charge in [-0.2, -0.15) is 13.2 Å². The van der Waals surface area contributed by atoms with Crippen molar-refractivity contribution in [1.29, 1.82) is 0 Å². The van der Waals surface area contributed by atoms with Gasteiger partial charge in [-0.05, 0) is 43.5 Å². The van der Waals surface area contributed by atoms with E-state index in [1.54, 1.807) is 6.20 Å². The van der Waals surface area contributed by atoms with Crippen LogP contribution in [0.1, 0.15) is 54.4 Å². The number of amides is 1. The summed E-state index contributed by atoms with van der Waals surface area (Å²) in [6.07, 6.45) is -0.510. The van der Waals surface area contributed by atoms with E-state index in [1.807, 2.05) is 9.47 Å². The lowest BCUT2D eigenvalue weighted by atomic mass is 9.95. The van der Waals surface area contributed by atoms with Crippen molar-refractivity contribution >= 4 is 35.7 Å². The quantitative estimate of drug-likeness (QED) is 0.221. The van der Waals surface area contributed by atoms with Crippen molar-refractivity contribution in [1.82, 2.24) is 24.8 Å². The lowest BCUT2D eigenvalue weighted by molar-refractivity contribution is -0.139. The summed E-state index contributed by atoms with van der Waals surface area (Å²) < 4.78 is 56.0. The van der Waals surface area contributed by atoms with Crippen molar-refractivity contribution < 1.29 is 27.2 Å². The molecular formula is C27H30ClF4N7O2. The third-order valence-electron chi connectivity index (χ3n) is 7.11. The number of aromatic nitrogens is 4. The topological polar surface area (TPSA) is 105 Å².